The van der Waals surface area contributed by atoms with E-state index in [1.165, 1.54) is 42.6 Å². The molecule has 2 nitrogen and oxygen atoms in total. The van der Waals surface area contributed by atoms with Gasteiger partial charge in [0.15, 0.2) is 0 Å². The minimum absolute atomic E-state index is 0.0887. The average molecular weight is 321 g/mol. The number of fused-ring (bicyclic) bond motifs is 3. The molecule has 0 saturated carbocycles. The third-order valence-corrected chi connectivity index (χ3v) is 5.55. The van der Waals surface area contributed by atoms with Crippen molar-refractivity contribution in [3.8, 4) is 0 Å². The molecule has 0 N–H and O–H groups in total. The number of piperidine rings is 1. The van der Waals surface area contributed by atoms with E-state index in [0.717, 1.165) is 13.0 Å². The van der Waals surface area contributed by atoms with Gasteiger partial charge in [-0.3, -0.25) is 0 Å². The number of benzene rings is 2. The Morgan fingerprint density at radius 1 is 1.00 bits per heavy atom. The fraction of sp³-hybridized carbons (Fsp3) is 0.455. The van der Waals surface area contributed by atoms with Gasteiger partial charge < -0.3 is 9.64 Å². The van der Waals surface area contributed by atoms with Gasteiger partial charge in [-0.05, 0) is 36.1 Å². The third kappa shape index (κ3) is 3.01. The van der Waals surface area contributed by atoms with Gasteiger partial charge in [-0.2, -0.15) is 0 Å². The molecular formula is C22H27NO. The lowest BCUT2D eigenvalue weighted by molar-refractivity contribution is -0.0544. The van der Waals surface area contributed by atoms with E-state index in [1.807, 2.05) is 0 Å². The number of rotatable bonds is 4. The first kappa shape index (κ1) is 15.9. The van der Waals surface area contributed by atoms with E-state index >= 15 is 0 Å². The van der Waals surface area contributed by atoms with Gasteiger partial charge in [-0.15, -0.1) is 0 Å². The Balaban J connectivity index is 1.64. The Labute approximate surface area is 145 Å². The molecule has 1 saturated heterocycles. The summed E-state index contributed by atoms with van der Waals surface area (Å²) in [4.78, 5) is 2.63. The minimum atomic E-state index is 0.0887. The number of nitrogens with zero attached hydrogens (tertiary/aromatic N) is 1. The molecule has 24 heavy (non-hydrogen) atoms. The van der Waals surface area contributed by atoms with Crippen molar-refractivity contribution in [2.45, 2.75) is 44.3 Å². The molecule has 0 spiro atoms. The highest BCUT2D eigenvalue weighted by Gasteiger charge is 2.39. The van der Waals surface area contributed by atoms with Crippen molar-refractivity contribution in [1.82, 2.24) is 4.90 Å². The van der Waals surface area contributed by atoms with Gasteiger partial charge in [0.2, 0.25) is 0 Å². The molecule has 2 aliphatic heterocycles. The highest BCUT2D eigenvalue weighted by Crippen LogP contribution is 2.44. The summed E-state index contributed by atoms with van der Waals surface area (Å²) in [5.74, 6) is 0.520. The van der Waals surface area contributed by atoms with Crippen LogP contribution in [0.15, 0.2) is 54.6 Å². The van der Waals surface area contributed by atoms with Crippen LogP contribution in [0.5, 0.6) is 0 Å². The number of unbranched alkanes of at least 4 members (excludes halogenated alkanes) is 1. The molecule has 2 aliphatic rings. The largest absolute Gasteiger partial charge is 0.365 e. The SMILES string of the molecule is CCCCN1CC[C@@H]2OC(c3ccccc3)c3ccccc3[C@H]2C1. The Morgan fingerprint density at radius 2 is 1.75 bits per heavy atom. The van der Waals surface area contributed by atoms with Crippen LogP contribution in [0.1, 0.15) is 54.9 Å². The molecule has 2 aromatic rings. The molecule has 126 valence electrons. The monoisotopic (exact) mass is 321 g/mol. The predicted octanol–water partition coefficient (Wildman–Crippen LogP) is 4.76. The smallest absolute Gasteiger partial charge is 0.108 e. The lowest BCUT2D eigenvalue weighted by atomic mass is 9.80. The maximum atomic E-state index is 6.63. The van der Waals surface area contributed by atoms with Gasteiger partial charge in [0.05, 0.1) is 6.10 Å². The standard InChI is InChI=1S/C22H27NO/c1-2-3-14-23-15-13-21-20(16-23)18-11-7-8-12-19(18)22(24-21)17-9-5-4-6-10-17/h4-12,20-22H,2-3,13-16H2,1H3/t20-,21+,22?/m1/s1. The molecule has 0 aromatic heterocycles. The third-order valence-electron chi connectivity index (χ3n) is 5.55. The first-order valence-corrected chi connectivity index (χ1v) is 9.38. The maximum Gasteiger partial charge on any atom is 0.108 e. The second-order valence-electron chi connectivity index (χ2n) is 7.14. The van der Waals surface area contributed by atoms with Crippen LogP contribution in [0.2, 0.25) is 0 Å². The van der Waals surface area contributed by atoms with Crippen molar-refractivity contribution < 1.29 is 4.74 Å². The first-order chi connectivity index (χ1) is 11.9. The molecule has 2 heterocycles. The fourth-order valence-electron chi connectivity index (χ4n) is 4.27. The summed E-state index contributed by atoms with van der Waals surface area (Å²) in [6.45, 7) is 5.81. The summed E-state index contributed by atoms with van der Waals surface area (Å²) in [5.41, 5.74) is 4.14. The zero-order valence-corrected chi connectivity index (χ0v) is 14.5. The second-order valence-corrected chi connectivity index (χ2v) is 7.14. The summed E-state index contributed by atoms with van der Waals surface area (Å²) in [7, 11) is 0. The van der Waals surface area contributed by atoms with Gasteiger partial charge >= 0.3 is 0 Å². The van der Waals surface area contributed by atoms with Crippen LogP contribution in [0, 0.1) is 0 Å². The van der Waals surface area contributed by atoms with E-state index in [0.29, 0.717) is 12.0 Å². The van der Waals surface area contributed by atoms with Crippen LogP contribution in [-0.2, 0) is 4.74 Å². The zero-order valence-electron chi connectivity index (χ0n) is 14.5. The molecule has 0 bridgehead atoms. The number of hydrogen-bond acceptors (Lipinski definition) is 2. The molecule has 0 radical (unpaired) electrons. The summed E-state index contributed by atoms with van der Waals surface area (Å²) in [6, 6.07) is 19.6. The van der Waals surface area contributed by atoms with E-state index in [2.05, 4.69) is 66.4 Å². The van der Waals surface area contributed by atoms with Crippen LogP contribution in [0.3, 0.4) is 0 Å². The van der Waals surface area contributed by atoms with Crippen LogP contribution in [0.4, 0.5) is 0 Å². The van der Waals surface area contributed by atoms with Crippen molar-refractivity contribution in [3.63, 3.8) is 0 Å². The highest BCUT2D eigenvalue weighted by atomic mass is 16.5. The minimum Gasteiger partial charge on any atom is -0.365 e. The Hall–Kier alpha value is -1.64. The van der Waals surface area contributed by atoms with E-state index in [4.69, 9.17) is 4.74 Å². The number of likely N-dealkylation sites (tertiary alicyclic amines) is 1. The summed E-state index contributed by atoms with van der Waals surface area (Å²) >= 11 is 0. The highest BCUT2D eigenvalue weighted by molar-refractivity contribution is 5.41. The molecular weight excluding hydrogens is 294 g/mol. The average Bonchev–Trinajstić information content (AvgIpc) is 2.66. The Morgan fingerprint density at radius 3 is 2.54 bits per heavy atom. The molecule has 2 aromatic carbocycles. The van der Waals surface area contributed by atoms with Crippen LogP contribution < -0.4 is 0 Å². The summed E-state index contributed by atoms with van der Waals surface area (Å²) in [6.07, 6.45) is 4.15. The fourth-order valence-corrected chi connectivity index (χ4v) is 4.27. The molecule has 0 aliphatic carbocycles. The molecule has 3 atom stereocenters. The van der Waals surface area contributed by atoms with Crippen LogP contribution >= 0.6 is 0 Å². The van der Waals surface area contributed by atoms with E-state index in [1.54, 1.807) is 0 Å². The van der Waals surface area contributed by atoms with Crippen LogP contribution in [0.25, 0.3) is 0 Å². The molecule has 1 fully saturated rings. The second kappa shape index (κ2) is 7.08. The predicted molar refractivity (Wildman–Crippen MR) is 98.3 cm³/mol. The van der Waals surface area contributed by atoms with Gasteiger partial charge in [-0.25, -0.2) is 0 Å². The van der Waals surface area contributed by atoms with Gasteiger partial charge in [0, 0.05) is 19.0 Å². The van der Waals surface area contributed by atoms with E-state index in [9.17, 15) is 0 Å². The summed E-state index contributed by atoms with van der Waals surface area (Å²) in [5, 5.41) is 0. The van der Waals surface area contributed by atoms with Gasteiger partial charge in [-0.1, -0.05) is 67.9 Å². The Kier molecular flexibility index (Phi) is 4.68. The molecule has 2 heteroatoms. The van der Waals surface area contributed by atoms with Crippen LogP contribution in [-0.4, -0.2) is 30.6 Å². The quantitative estimate of drug-likeness (QED) is 0.804. The van der Waals surface area contributed by atoms with Crippen molar-refractivity contribution in [2.75, 3.05) is 19.6 Å². The molecule has 0 amide bonds. The van der Waals surface area contributed by atoms with Crippen molar-refractivity contribution in [3.05, 3.63) is 71.3 Å². The number of ether oxygens (including phenoxy) is 1. The Bertz CT molecular complexity index is 669. The molecule has 1 unspecified atom stereocenters. The summed E-state index contributed by atoms with van der Waals surface area (Å²) < 4.78 is 6.63. The van der Waals surface area contributed by atoms with Crippen molar-refractivity contribution in [1.29, 1.82) is 0 Å². The lowest BCUT2D eigenvalue weighted by Crippen LogP contribution is -2.46. The van der Waals surface area contributed by atoms with Crippen molar-refractivity contribution in [2.24, 2.45) is 0 Å². The van der Waals surface area contributed by atoms with E-state index < -0.39 is 0 Å². The normalized spacial score (nSPS) is 26.6. The van der Waals surface area contributed by atoms with Gasteiger partial charge in [0.25, 0.3) is 0 Å². The number of hydrogen-bond donors (Lipinski definition) is 0. The zero-order chi connectivity index (χ0) is 16.4. The van der Waals surface area contributed by atoms with Crippen molar-refractivity contribution >= 4 is 0 Å². The van der Waals surface area contributed by atoms with E-state index in [-0.39, 0.29) is 6.10 Å². The lowest BCUT2D eigenvalue weighted by Gasteiger charge is -2.45. The molecule has 4 rings (SSSR count). The van der Waals surface area contributed by atoms with Gasteiger partial charge in [0.1, 0.15) is 6.10 Å². The maximum absolute atomic E-state index is 6.63. The first-order valence-electron chi connectivity index (χ1n) is 9.38. The topological polar surface area (TPSA) is 12.5 Å².